The Morgan fingerprint density at radius 2 is 1.48 bits per heavy atom. The lowest BCUT2D eigenvalue weighted by Gasteiger charge is -2.17. The largest absolute Gasteiger partial charge is 0.337 e. The second kappa shape index (κ2) is 8.01. The van der Waals surface area contributed by atoms with Gasteiger partial charge in [0.1, 0.15) is 0 Å². The number of nitrogens with zero attached hydrogens (tertiary/aromatic N) is 1. The Bertz CT molecular complexity index is 1110. The monoisotopic (exact) mass is 425 g/mol. The number of sulfone groups is 1. The van der Waals surface area contributed by atoms with Gasteiger partial charge in [0, 0.05) is 23.7 Å². The molecule has 0 bridgehead atoms. The van der Waals surface area contributed by atoms with Gasteiger partial charge in [-0.25, -0.2) is 8.42 Å². The molecule has 3 aromatic rings. The summed E-state index contributed by atoms with van der Waals surface area (Å²) in [5, 5.41) is -0.109. The lowest BCUT2D eigenvalue weighted by Crippen LogP contribution is -2.31. The average molecular weight is 426 g/mol. The number of hydrogen-bond donors (Lipinski definition) is 0. The van der Waals surface area contributed by atoms with Crippen molar-refractivity contribution in [1.82, 2.24) is 4.90 Å². The molecular weight excluding hydrogens is 406 g/mol. The summed E-state index contributed by atoms with van der Waals surface area (Å²) in [6.07, 6.45) is 0.429. The SMILES string of the molecule is O=C(c1ccc(-c2ccccc2)cc1)N1CCC(S(=O)(=O)c2ccc(Cl)cc2)C1. The number of halogens is 1. The Labute approximate surface area is 175 Å². The Morgan fingerprint density at radius 3 is 2.14 bits per heavy atom. The molecule has 148 valence electrons. The molecule has 0 N–H and O–H groups in total. The van der Waals surface area contributed by atoms with Gasteiger partial charge in [0.2, 0.25) is 0 Å². The molecule has 1 unspecified atom stereocenters. The van der Waals surface area contributed by atoms with E-state index < -0.39 is 15.1 Å². The summed E-state index contributed by atoms with van der Waals surface area (Å²) < 4.78 is 25.7. The van der Waals surface area contributed by atoms with Gasteiger partial charge in [-0.3, -0.25) is 4.79 Å². The van der Waals surface area contributed by atoms with Gasteiger partial charge in [-0.1, -0.05) is 54.1 Å². The van der Waals surface area contributed by atoms with E-state index >= 15 is 0 Å². The number of benzene rings is 3. The summed E-state index contributed by atoms with van der Waals surface area (Å²) in [5.74, 6) is -0.140. The van der Waals surface area contributed by atoms with E-state index in [-0.39, 0.29) is 17.3 Å². The lowest BCUT2D eigenvalue weighted by atomic mass is 10.0. The average Bonchev–Trinajstić information content (AvgIpc) is 3.25. The number of carbonyl (C=O) groups is 1. The number of amides is 1. The van der Waals surface area contributed by atoms with E-state index in [1.807, 2.05) is 42.5 Å². The van der Waals surface area contributed by atoms with Crippen molar-refractivity contribution in [2.24, 2.45) is 0 Å². The zero-order valence-electron chi connectivity index (χ0n) is 15.7. The standard InChI is InChI=1S/C23H20ClNO3S/c24-20-10-12-21(13-11-20)29(27,28)22-14-15-25(16-22)23(26)19-8-6-18(7-9-19)17-4-2-1-3-5-17/h1-13,22H,14-16H2. The molecule has 0 radical (unpaired) electrons. The van der Waals surface area contributed by atoms with Crippen LogP contribution in [0.5, 0.6) is 0 Å². The van der Waals surface area contributed by atoms with Crippen molar-refractivity contribution in [3.63, 3.8) is 0 Å². The van der Waals surface area contributed by atoms with Crippen LogP contribution in [0.25, 0.3) is 11.1 Å². The first-order valence-corrected chi connectivity index (χ1v) is 11.3. The predicted octanol–water partition coefficient (Wildman–Crippen LogP) is 4.70. The highest BCUT2D eigenvalue weighted by atomic mass is 35.5. The number of carbonyl (C=O) groups excluding carboxylic acids is 1. The Morgan fingerprint density at radius 1 is 0.862 bits per heavy atom. The maximum Gasteiger partial charge on any atom is 0.253 e. The summed E-state index contributed by atoms with van der Waals surface area (Å²) >= 11 is 5.86. The van der Waals surface area contributed by atoms with Gasteiger partial charge in [0.05, 0.1) is 10.1 Å². The first-order valence-electron chi connectivity index (χ1n) is 9.39. The summed E-state index contributed by atoms with van der Waals surface area (Å²) in [6, 6.07) is 23.5. The fourth-order valence-electron chi connectivity index (χ4n) is 3.60. The molecule has 0 aromatic heterocycles. The van der Waals surface area contributed by atoms with Gasteiger partial charge in [0.25, 0.3) is 5.91 Å². The van der Waals surface area contributed by atoms with Crippen molar-refractivity contribution in [3.8, 4) is 11.1 Å². The summed E-state index contributed by atoms with van der Waals surface area (Å²) in [5.41, 5.74) is 2.68. The van der Waals surface area contributed by atoms with Gasteiger partial charge in [-0.15, -0.1) is 0 Å². The van der Waals surface area contributed by atoms with Crippen LogP contribution in [0.1, 0.15) is 16.8 Å². The number of hydrogen-bond acceptors (Lipinski definition) is 3. The maximum absolute atomic E-state index is 12.9. The van der Waals surface area contributed by atoms with Crippen LogP contribution >= 0.6 is 11.6 Å². The normalized spacial score (nSPS) is 16.7. The fourth-order valence-corrected chi connectivity index (χ4v) is 5.42. The molecule has 4 nitrogen and oxygen atoms in total. The molecule has 6 heteroatoms. The van der Waals surface area contributed by atoms with E-state index in [1.54, 1.807) is 29.2 Å². The van der Waals surface area contributed by atoms with Crippen molar-refractivity contribution < 1.29 is 13.2 Å². The zero-order chi connectivity index (χ0) is 20.4. The minimum absolute atomic E-state index is 0.140. The third-order valence-corrected chi connectivity index (χ3v) is 7.70. The van der Waals surface area contributed by atoms with E-state index in [2.05, 4.69) is 0 Å². The second-order valence-corrected chi connectivity index (χ2v) is 9.77. The third-order valence-electron chi connectivity index (χ3n) is 5.25. The van der Waals surface area contributed by atoms with Gasteiger partial charge < -0.3 is 4.90 Å². The minimum atomic E-state index is -3.50. The molecule has 1 aliphatic rings. The van der Waals surface area contributed by atoms with Crippen LogP contribution in [0.3, 0.4) is 0 Å². The summed E-state index contributed by atoms with van der Waals surface area (Å²) in [7, 11) is -3.50. The van der Waals surface area contributed by atoms with Gasteiger partial charge >= 0.3 is 0 Å². The lowest BCUT2D eigenvalue weighted by molar-refractivity contribution is 0.0793. The van der Waals surface area contributed by atoms with Crippen molar-refractivity contribution in [3.05, 3.63) is 89.4 Å². The van der Waals surface area contributed by atoms with Gasteiger partial charge in [-0.2, -0.15) is 0 Å². The van der Waals surface area contributed by atoms with Crippen molar-refractivity contribution in [1.29, 1.82) is 0 Å². The summed E-state index contributed by atoms with van der Waals surface area (Å²) in [4.78, 5) is 14.7. The molecule has 1 amide bonds. The molecular formula is C23H20ClNO3S. The molecule has 1 fully saturated rings. The fraction of sp³-hybridized carbons (Fsp3) is 0.174. The van der Waals surface area contributed by atoms with E-state index in [1.165, 1.54) is 12.1 Å². The zero-order valence-corrected chi connectivity index (χ0v) is 17.2. The van der Waals surface area contributed by atoms with Crippen molar-refractivity contribution >= 4 is 27.3 Å². The van der Waals surface area contributed by atoms with Gasteiger partial charge in [-0.05, 0) is 53.9 Å². The molecule has 4 rings (SSSR count). The quantitative estimate of drug-likeness (QED) is 0.609. The van der Waals surface area contributed by atoms with Crippen LogP contribution in [0, 0.1) is 0 Å². The molecule has 29 heavy (non-hydrogen) atoms. The van der Waals surface area contributed by atoms with Crippen LogP contribution < -0.4 is 0 Å². The first kappa shape index (κ1) is 19.7. The Kier molecular flexibility index (Phi) is 5.43. The number of likely N-dealkylation sites (tertiary alicyclic amines) is 1. The molecule has 3 aromatic carbocycles. The van der Waals surface area contributed by atoms with Crippen molar-refractivity contribution in [2.75, 3.05) is 13.1 Å². The highest BCUT2D eigenvalue weighted by molar-refractivity contribution is 7.92. The molecule has 1 heterocycles. The van der Waals surface area contributed by atoms with Gasteiger partial charge in [0.15, 0.2) is 9.84 Å². The molecule has 1 atom stereocenters. The number of rotatable bonds is 4. The van der Waals surface area contributed by atoms with E-state index in [0.717, 1.165) is 11.1 Å². The Hall–Kier alpha value is -2.63. The predicted molar refractivity (Wildman–Crippen MR) is 115 cm³/mol. The third kappa shape index (κ3) is 4.07. The highest BCUT2D eigenvalue weighted by Crippen LogP contribution is 2.26. The molecule has 1 aliphatic heterocycles. The second-order valence-electron chi connectivity index (χ2n) is 7.10. The van der Waals surface area contributed by atoms with E-state index in [0.29, 0.717) is 23.6 Å². The Balaban J connectivity index is 1.47. The van der Waals surface area contributed by atoms with Crippen molar-refractivity contribution in [2.45, 2.75) is 16.6 Å². The first-order chi connectivity index (χ1) is 13.9. The smallest absolute Gasteiger partial charge is 0.253 e. The molecule has 0 aliphatic carbocycles. The molecule has 0 saturated carbocycles. The summed E-state index contributed by atoms with van der Waals surface area (Å²) in [6.45, 7) is 0.626. The van der Waals surface area contributed by atoms with Crippen LogP contribution in [-0.4, -0.2) is 37.6 Å². The molecule has 1 saturated heterocycles. The van der Waals surface area contributed by atoms with Crippen LogP contribution in [0.4, 0.5) is 0 Å². The molecule has 0 spiro atoms. The van der Waals surface area contributed by atoms with Crippen LogP contribution in [-0.2, 0) is 9.84 Å². The highest BCUT2D eigenvalue weighted by Gasteiger charge is 2.36. The van der Waals surface area contributed by atoms with Crippen LogP contribution in [0.2, 0.25) is 5.02 Å². The van der Waals surface area contributed by atoms with E-state index in [9.17, 15) is 13.2 Å². The van der Waals surface area contributed by atoms with Crippen LogP contribution in [0.15, 0.2) is 83.8 Å². The maximum atomic E-state index is 12.9. The topological polar surface area (TPSA) is 54.5 Å². The minimum Gasteiger partial charge on any atom is -0.337 e. The van der Waals surface area contributed by atoms with E-state index in [4.69, 9.17) is 11.6 Å².